The van der Waals surface area contributed by atoms with Crippen LogP contribution in [-0.2, 0) is 4.79 Å². The summed E-state index contributed by atoms with van der Waals surface area (Å²) in [6.45, 7) is 7.64. The number of pyridine rings is 1. The average Bonchev–Trinajstić information content (AvgIpc) is 2.61. The number of nitrogens with one attached hydrogen (secondary N) is 1. The average molecular weight is 370 g/mol. The summed E-state index contributed by atoms with van der Waals surface area (Å²) in [5, 5.41) is 2.93. The van der Waals surface area contributed by atoms with Crippen molar-refractivity contribution in [2.45, 2.75) is 40.5 Å². The summed E-state index contributed by atoms with van der Waals surface area (Å²) in [6, 6.07) is 7.01. The van der Waals surface area contributed by atoms with E-state index in [1.165, 1.54) is 14.0 Å². The lowest BCUT2D eigenvalue weighted by molar-refractivity contribution is -0.116. The Kier molecular flexibility index (Phi) is 6.93. The number of methoxy groups -OCH3 is 1. The Morgan fingerprint density at radius 3 is 2.48 bits per heavy atom. The van der Waals surface area contributed by atoms with Crippen LogP contribution in [0.5, 0.6) is 11.5 Å². The van der Waals surface area contributed by atoms with Crippen molar-refractivity contribution in [3.05, 3.63) is 46.8 Å². The number of nitrogens with zero attached hydrogens (tertiary/aromatic N) is 1. The molecule has 0 spiro atoms. The van der Waals surface area contributed by atoms with Gasteiger partial charge in [0.2, 0.25) is 5.91 Å². The van der Waals surface area contributed by atoms with Crippen LogP contribution in [0.3, 0.4) is 0 Å². The van der Waals surface area contributed by atoms with E-state index >= 15 is 0 Å². The van der Waals surface area contributed by atoms with Gasteiger partial charge in [-0.15, -0.1) is 0 Å². The second kappa shape index (κ2) is 9.16. The number of carbonyl (C=O) groups is 2. The van der Waals surface area contributed by atoms with Crippen molar-refractivity contribution in [3.8, 4) is 11.5 Å². The van der Waals surface area contributed by atoms with Gasteiger partial charge in [-0.1, -0.05) is 0 Å². The van der Waals surface area contributed by atoms with E-state index in [2.05, 4.69) is 10.3 Å². The third-order valence-corrected chi connectivity index (χ3v) is 4.17. The van der Waals surface area contributed by atoms with Gasteiger partial charge in [-0.2, -0.15) is 0 Å². The van der Waals surface area contributed by atoms with Gasteiger partial charge in [0.05, 0.1) is 25.1 Å². The van der Waals surface area contributed by atoms with Crippen LogP contribution >= 0.6 is 0 Å². The summed E-state index contributed by atoms with van der Waals surface area (Å²) < 4.78 is 11.0. The summed E-state index contributed by atoms with van der Waals surface area (Å²) in [6.07, 6.45) is 0.890. The molecule has 144 valence electrons. The molecular weight excluding hydrogens is 344 g/mol. The van der Waals surface area contributed by atoms with Crippen LogP contribution in [-0.4, -0.2) is 30.4 Å². The van der Waals surface area contributed by atoms with E-state index in [0.717, 1.165) is 22.6 Å². The van der Waals surface area contributed by atoms with Crippen molar-refractivity contribution in [2.75, 3.05) is 19.0 Å². The molecule has 0 saturated carbocycles. The Hall–Kier alpha value is -2.89. The van der Waals surface area contributed by atoms with E-state index < -0.39 is 0 Å². The lowest BCUT2D eigenvalue weighted by atomic mass is 10.1. The number of aryl methyl sites for hydroxylation is 3. The van der Waals surface area contributed by atoms with Crippen LogP contribution in [0.2, 0.25) is 0 Å². The third-order valence-electron chi connectivity index (χ3n) is 4.17. The molecule has 1 amide bonds. The number of ether oxygens (including phenoxy) is 2. The van der Waals surface area contributed by atoms with Crippen molar-refractivity contribution in [2.24, 2.45) is 0 Å². The highest BCUT2D eigenvalue weighted by atomic mass is 16.5. The van der Waals surface area contributed by atoms with Crippen LogP contribution in [0.4, 0.5) is 5.69 Å². The SMILES string of the molecule is COc1cc(C(C)=O)ccc1OCCCC(=O)Nc1c(C)cc(C)nc1C. The van der Waals surface area contributed by atoms with Gasteiger partial charge in [-0.3, -0.25) is 14.6 Å². The summed E-state index contributed by atoms with van der Waals surface area (Å²) in [7, 11) is 1.53. The molecule has 27 heavy (non-hydrogen) atoms. The van der Waals surface area contributed by atoms with Crippen molar-refractivity contribution >= 4 is 17.4 Å². The molecule has 0 unspecified atom stereocenters. The maximum atomic E-state index is 12.2. The predicted molar refractivity (Wildman–Crippen MR) is 105 cm³/mol. The number of amides is 1. The molecular formula is C21H26N2O4. The molecule has 2 rings (SSSR count). The fraction of sp³-hybridized carbons (Fsp3) is 0.381. The number of anilines is 1. The van der Waals surface area contributed by atoms with Gasteiger partial charge in [0.25, 0.3) is 0 Å². The molecule has 2 aromatic rings. The molecule has 1 aromatic heterocycles. The first kappa shape index (κ1) is 20.4. The van der Waals surface area contributed by atoms with E-state index in [4.69, 9.17) is 9.47 Å². The summed E-state index contributed by atoms with van der Waals surface area (Å²) in [4.78, 5) is 28.0. The largest absolute Gasteiger partial charge is 0.493 e. The van der Waals surface area contributed by atoms with Crippen molar-refractivity contribution < 1.29 is 19.1 Å². The topological polar surface area (TPSA) is 77.5 Å². The van der Waals surface area contributed by atoms with E-state index in [0.29, 0.717) is 36.5 Å². The van der Waals surface area contributed by atoms with Gasteiger partial charge in [-0.25, -0.2) is 0 Å². The van der Waals surface area contributed by atoms with E-state index in [1.807, 2.05) is 26.8 Å². The van der Waals surface area contributed by atoms with Crippen molar-refractivity contribution in [1.82, 2.24) is 4.98 Å². The molecule has 1 aromatic carbocycles. The molecule has 0 fully saturated rings. The predicted octanol–water partition coefficient (Wildman–Crippen LogP) is 4.02. The van der Waals surface area contributed by atoms with Gasteiger partial charge >= 0.3 is 0 Å². The van der Waals surface area contributed by atoms with E-state index in [1.54, 1.807) is 18.2 Å². The first-order valence-corrected chi connectivity index (χ1v) is 8.88. The molecule has 0 aliphatic rings. The van der Waals surface area contributed by atoms with Gasteiger partial charge < -0.3 is 14.8 Å². The van der Waals surface area contributed by atoms with Crippen LogP contribution in [0.1, 0.15) is 47.1 Å². The highest BCUT2D eigenvalue weighted by Gasteiger charge is 2.11. The molecule has 1 N–H and O–H groups in total. The summed E-state index contributed by atoms with van der Waals surface area (Å²) >= 11 is 0. The fourth-order valence-electron chi connectivity index (χ4n) is 2.84. The van der Waals surface area contributed by atoms with Crippen LogP contribution in [0, 0.1) is 20.8 Å². The zero-order valence-corrected chi connectivity index (χ0v) is 16.5. The number of ketones is 1. The zero-order valence-electron chi connectivity index (χ0n) is 16.5. The van der Waals surface area contributed by atoms with Crippen LogP contribution < -0.4 is 14.8 Å². The quantitative estimate of drug-likeness (QED) is 0.561. The Labute approximate surface area is 159 Å². The van der Waals surface area contributed by atoms with Gasteiger partial charge in [-0.05, 0) is 63.9 Å². The van der Waals surface area contributed by atoms with E-state index in [-0.39, 0.29) is 11.7 Å². The van der Waals surface area contributed by atoms with Gasteiger partial charge in [0, 0.05) is 17.7 Å². The summed E-state index contributed by atoms with van der Waals surface area (Å²) in [5.74, 6) is 0.948. The molecule has 0 atom stereocenters. The minimum Gasteiger partial charge on any atom is -0.493 e. The van der Waals surface area contributed by atoms with Crippen molar-refractivity contribution in [1.29, 1.82) is 0 Å². The zero-order chi connectivity index (χ0) is 20.0. The van der Waals surface area contributed by atoms with E-state index in [9.17, 15) is 9.59 Å². The number of hydrogen-bond acceptors (Lipinski definition) is 5. The maximum absolute atomic E-state index is 12.2. The minimum absolute atomic E-state index is 0.0345. The second-order valence-electron chi connectivity index (χ2n) is 6.46. The highest BCUT2D eigenvalue weighted by molar-refractivity contribution is 5.94. The van der Waals surface area contributed by atoms with Crippen LogP contribution in [0.15, 0.2) is 24.3 Å². The molecule has 0 aliphatic heterocycles. The Morgan fingerprint density at radius 1 is 1.11 bits per heavy atom. The Morgan fingerprint density at radius 2 is 1.85 bits per heavy atom. The second-order valence-corrected chi connectivity index (χ2v) is 6.46. The maximum Gasteiger partial charge on any atom is 0.224 e. The monoisotopic (exact) mass is 370 g/mol. The molecule has 1 heterocycles. The number of benzene rings is 1. The number of rotatable bonds is 8. The first-order valence-electron chi connectivity index (χ1n) is 8.88. The summed E-state index contributed by atoms with van der Waals surface area (Å²) in [5.41, 5.74) is 4.08. The lowest BCUT2D eigenvalue weighted by Crippen LogP contribution is -2.15. The number of Topliss-reactive ketones (excluding diaryl/α,β-unsaturated/α-hetero) is 1. The van der Waals surface area contributed by atoms with Crippen LogP contribution in [0.25, 0.3) is 0 Å². The smallest absolute Gasteiger partial charge is 0.224 e. The van der Waals surface area contributed by atoms with Gasteiger partial charge in [0.1, 0.15) is 0 Å². The van der Waals surface area contributed by atoms with Gasteiger partial charge in [0.15, 0.2) is 17.3 Å². The fourth-order valence-corrected chi connectivity index (χ4v) is 2.84. The number of aromatic nitrogens is 1. The lowest BCUT2D eigenvalue weighted by Gasteiger charge is -2.13. The highest BCUT2D eigenvalue weighted by Crippen LogP contribution is 2.28. The number of hydrogen-bond donors (Lipinski definition) is 1. The Balaban J connectivity index is 1.87. The first-order chi connectivity index (χ1) is 12.8. The van der Waals surface area contributed by atoms with Crippen molar-refractivity contribution in [3.63, 3.8) is 0 Å². The molecule has 0 bridgehead atoms. The molecule has 6 heteroatoms. The molecule has 6 nitrogen and oxygen atoms in total. The molecule has 0 saturated heterocycles. The molecule has 0 aliphatic carbocycles. The normalized spacial score (nSPS) is 10.4. The number of carbonyl (C=O) groups excluding carboxylic acids is 2. The third kappa shape index (κ3) is 5.54. The standard InChI is InChI=1S/C21H26N2O4/c1-13-11-14(2)22-15(3)21(13)23-20(25)7-6-10-27-18-9-8-17(16(4)24)12-19(18)26-5/h8-9,11-12H,6-7,10H2,1-5H3,(H,23,25). The molecule has 0 radical (unpaired) electrons. The minimum atomic E-state index is -0.0747. The Bertz CT molecular complexity index is 823.